The van der Waals surface area contributed by atoms with Crippen LogP contribution in [0.5, 0.6) is 0 Å². The largest absolute Gasteiger partial charge is 0.368 e. The zero-order valence-corrected chi connectivity index (χ0v) is 11.1. The molecular weight excluding hydrogens is 218 g/mol. The summed E-state index contributed by atoms with van der Waals surface area (Å²) in [5.41, 5.74) is 4.65. The van der Waals surface area contributed by atoms with E-state index in [1.54, 1.807) is 6.08 Å². The van der Waals surface area contributed by atoms with Crippen molar-refractivity contribution >= 4 is 5.57 Å². The minimum atomic E-state index is 0.299. The van der Waals surface area contributed by atoms with Gasteiger partial charge >= 0.3 is 0 Å². The summed E-state index contributed by atoms with van der Waals surface area (Å²) >= 11 is 0. The van der Waals surface area contributed by atoms with Gasteiger partial charge in [0.2, 0.25) is 0 Å². The van der Waals surface area contributed by atoms with Crippen LogP contribution < -0.4 is 0 Å². The third-order valence-electron chi connectivity index (χ3n) is 3.45. The number of hydrogen-bond acceptors (Lipinski definition) is 1. The van der Waals surface area contributed by atoms with Crippen molar-refractivity contribution in [2.24, 2.45) is 0 Å². The van der Waals surface area contributed by atoms with Crippen molar-refractivity contribution in [1.29, 1.82) is 0 Å². The molecule has 92 valence electrons. The Bertz CT molecular complexity index is 534. The van der Waals surface area contributed by atoms with Crippen molar-refractivity contribution in [2.75, 3.05) is 7.05 Å². The standard InChI is InChI=1S/C17H19N/c1-5-13(2)15-9-7-10-16(12-15)17-11-6-8-14(3)18(17)4/h5-12,17H,1-2H2,3-4H3. The van der Waals surface area contributed by atoms with Crippen molar-refractivity contribution in [3.05, 3.63) is 78.6 Å². The van der Waals surface area contributed by atoms with Crippen molar-refractivity contribution in [2.45, 2.75) is 13.0 Å². The Morgan fingerprint density at radius 1 is 1.39 bits per heavy atom. The molecule has 0 aromatic heterocycles. The molecule has 0 bridgehead atoms. The van der Waals surface area contributed by atoms with Gasteiger partial charge in [-0.25, -0.2) is 0 Å². The van der Waals surface area contributed by atoms with Gasteiger partial charge < -0.3 is 4.90 Å². The van der Waals surface area contributed by atoms with Crippen LogP contribution in [0.4, 0.5) is 0 Å². The molecule has 0 aliphatic carbocycles. The molecule has 1 aromatic carbocycles. The SMILES string of the molecule is C=CC(=C)c1cccc(C2C=CC=C(C)N2C)c1. The van der Waals surface area contributed by atoms with Gasteiger partial charge in [-0.1, -0.05) is 49.6 Å². The first kappa shape index (κ1) is 12.4. The molecule has 0 N–H and O–H groups in total. The van der Waals surface area contributed by atoms with E-state index in [1.165, 1.54) is 11.3 Å². The van der Waals surface area contributed by atoms with Gasteiger partial charge in [0, 0.05) is 12.7 Å². The molecule has 1 heterocycles. The molecule has 1 unspecified atom stereocenters. The van der Waals surface area contributed by atoms with E-state index in [9.17, 15) is 0 Å². The molecule has 1 aliphatic rings. The van der Waals surface area contributed by atoms with Crippen molar-refractivity contribution in [3.8, 4) is 0 Å². The molecule has 2 rings (SSSR count). The molecule has 1 atom stereocenters. The van der Waals surface area contributed by atoms with Crippen molar-refractivity contribution in [3.63, 3.8) is 0 Å². The van der Waals surface area contributed by atoms with E-state index in [1.807, 2.05) is 0 Å². The quantitative estimate of drug-likeness (QED) is 0.707. The second kappa shape index (κ2) is 5.09. The number of allylic oxidation sites excluding steroid dienone is 5. The topological polar surface area (TPSA) is 3.24 Å². The first-order valence-electron chi connectivity index (χ1n) is 6.13. The summed E-state index contributed by atoms with van der Waals surface area (Å²) in [6, 6.07) is 8.79. The summed E-state index contributed by atoms with van der Waals surface area (Å²) in [7, 11) is 2.12. The molecule has 1 aromatic rings. The summed E-state index contributed by atoms with van der Waals surface area (Å²) in [5, 5.41) is 0. The van der Waals surface area contributed by atoms with Gasteiger partial charge in [-0.15, -0.1) is 0 Å². The second-order valence-electron chi connectivity index (χ2n) is 4.60. The van der Waals surface area contributed by atoms with E-state index in [4.69, 9.17) is 0 Å². The molecule has 0 fully saturated rings. The molecular formula is C17H19N. The summed E-state index contributed by atoms with van der Waals surface area (Å²) in [5.74, 6) is 0. The van der Waals surface area contributed by atoms with Crippen LogP contribution in [-0.4, -0.2) is 11.9 Å². The predicted molar refractivity (Wildman–Crippen MR) is 79.1 cm³/mol. The van der Waals surface area contributed by atoms with Crippen LogP contribution in [0.2, 0.25) is 0 Å². The molecule has 1 heteroatoms. The third-order valence-corrected chi connectivity index (χ3v) is 3.45. The highest BCUT2D eigenvalue weighted by molar-refractivity contribution is 5.71. The monoisotopic (exact) mass is 237 g/mol. The number of nitrogens with zero attached hydrogens (tertiary/aromatic N) is 1. The maximum absolute atomic E-state index is 4.00. The van der Waals surface area contributed by atoms with Gasteiger partial charge in [0.05, 0.1) is 6.04 Å². The van der Waals surface area contributed by atoms with Gasteiger partial charge in [0.1, 0.15) is 0 Å². The van der Waals surface area contributed by atoms with Crippen LogP contribution in [0.25, 0.3) is 5.57 Å². The lowest BCUT2D eigenvalue weighted by molar-refractivity contribution is 0.356. The molecule has 1 nitrogen and oxygen atoms in total. The predicted octanol–water partition coefficient (Wildman–Crippen LogP) is 4.33. The number of benzene rings is 1. The first-order chi connectivity index (χ1) is 8.63. The molecule has 0 spiro atoms. The van der Waals surface area contributed by atoms with E-state index in [0.29, 0.717) is 6.04 Å². The Hall–Kier alpha value is -2.02. The average molecular weight is 237 g/mol. The molecule has 0 saturated heterocycles. The Balaban J connectivity index is 2.35. The van der Waals surface area contributed by atoms with E-state index < -0.39 is 0 Å². The second-order valence-corrected chi connectivity index (χ2v) is 4.60. The van der Waals surface area contributed by atoms with Gasteiger partial charge in [-0.05, 0) is 35.8 Å². The summed E-state index contributed by atoms with van der Waals surface area (Å²) in [6.45, 7) is 9.90. The Kier molecular flexibility index (Phi) is 3.52. The summed E-state index contributed by atoms with van der Waals surface area (Å²) in [6.07, 6.45) is 8.26. The highest BCUT2D eigenvalue weighted by Gasteiger charge is 2.16. The molecule has 18 heavy (non-hydrogen) atoms. The lowest BCUT2D eigenvalue weighted by atomic mass is 9.97. The lowest BCUT2D eigenvalue weighted by Gasteiger charge is -2.31. The maximum atomic E-state index is 4.00. The fourth-order valence-electron chi connectivity index (χ4n) is 2.14. The normalized spacial score (nSPS) is 18.4. The maximum Gasteiger partial charge on any atom is 0.0723 e. The average Bonchev–Trinajstić information content (AvgIpc) is 2.41. The van der Waals surface area contributed by atoms with Crippen LogP contribution >= 0.6 is 0 Å². The van der Waals surface area contributed by atoms with Crippen LogP contribution in [0.3, 0.4) is 0 Å². The van der Waals surface area contributed by atoms with E-state index in [0.717, 1.165) is 11.1 Å². The van der Waals surface area contributed by atoms with Crippen LogP contribution in [0.1, 0.15) is 24.1 Å². The third kappa shape index (κ3) is 2.30. The fourth-order valence-corrected chi connectivity index (χ4v) is 2.14. The molecule has 1 aliphatic heterocycles. The Labute approximate surface area is 109 Å². The Morgan fingerprint density at radius 2 is 2.17 bits per heavy atom. The highest BCUT2D eigenvalue weighted by atomic mass is 15.1. The molecule has 0 amide bonds. The van der Waals surface area contributed by atoms with Crippen LogP contribution in [0.15, 0.2) is 67.4 Å². The minimum Gasteiger partial charge on any atom is -0.368 e. The van der Waals surface area contributed by atoms with Gasteiger partial charge in [0.25, 0.3) is 0 Å². The van der Waals surface area contributed by atoms with E-state index >= 15 is 0 Å². The molecule has 0 saturated carbocycles. The van der Waals surface area contributed by atoms with Gasteiger partial charge in [0.15, 0.2) is 0 Å². The number of likely N-dealkylation sites (N-methyl/N-ethyl adjacent to an activating group) is 1. The highest BCUT2D eigenvalue weighted by Crippen LogP contribution is 2.29. The summed E-state index contributed by atoms with van der Waals surface area (Å²) < 4.78 is 0. The number of hydrogen-bond donors (Lipinski definition) is 0. The van der Waals surface area contributed by atoms with Crippen LogP contribution in [0, 0.1) is 0 Å². The smallest absolute Gasteiger partial charge is 0.0723 e. The van der Waals surface area contributed by atoms with Gasteiger partial charge in [-0.2, -0.15) is 0 Å². The van der Waals surface area contributed by atoms with E-state index in [-0.39, 0.29) is 0 Å². The van der Waals surface area contributed by atoms with Gasteiger partial charge in [-0.3, -0.25) is 0 Å². The molecule has 0 radical (unpaired) electrons. The lowest BCUT2D eigenvalue weighted by Crippen LogP contribution is -2.23. The Morgan fingerprint density at radius 3 is 2.89 bits per heavy atom. The van der Waals surface area contributed by atoms with E-state index in [2.05, 4.69) is 74.5 Å². The van der Waals surface area contributed by atoms with Crippen molar-refractivity contribution < 1.29 is 0 Å². The fraction of sp³-hybridized carbons (Fsp3) is 0.176. The van der Waals surface area contributed by atoms with Crippen LogP contribution in [-0.2, 0) is 0 Å². The summed E-state index contributed by atoms with van der Waals surface area (Å²) in [4.78, 5) is 2.27. The minimum absolute atomic E-state index is 0.299. The number of rotatable bonds is 3. The van der Waals surface area contributed by atoms with Crippen molar-refractivity contribution in [1.82, 2.24) is 4.90 Å². The zero-order valence-electron chi connectivity index (χ0n) is 11.1. The first-order valence-corrected chi connectivity index (χ1v) is 6.13. The zero-order chi connectivity index (χ0) is 13.1.